The van der Waals surface area contributed by atoms with Crippen molar-refractivity contribution in [2.24, 2.45) is 0 Å². The molecule has 0 bridgehead atoms. The maximum atomic E-state index is 4.21. The lowest BCUT2D eigenvalue weighted by Crippen LogP contribution is -1.98. The van der Waals surface area contributed by atoms with Crippen LogP contribution >= 0.6 is 11.3 Å². The van der Waals surface area contributed by atoms with Crippen molar-refractivity contribution in [3.05, 3.63) is 23.0 Å². The lowest BCUT2D eigenvalue weighted by atomic mass is 10.4. The predicted molar refractivity (Wildman–Crippen MR) is 64.5 cm³/mol. The molecule has 0 spiro atoms. The van der Waals surface area contributed by atoms with Crippen molar-refractivity contribution in [2.45, 2.75) is 33.4 Å². The van der Waals surface area contributed by atoms with Crippen molar-refractivity contribution in [3.63, 3.8) is 0 Å². The van der Waals surface area contributed by atoms with Crippen molar-refractivity contribution in [1.82, 2.24) is 20.0 Å². The summed E-state index contributed by atoms with van der Waals surface area (Å²) in [5.74, 6) is 0. The van der Waals surface area contributed by atoms with Crippen LogP contribution in [0.25, 0.3) is 0 Å². The van der Waals surface area contributed by atoms with E-state index in [9.17, 15) is 0 Å². The molecule has 0 amide bonds. The number of hydrogen-bond acceptors (Lipinski definition) is 5. The van der Waals surface area contributed by atoms with E-state index in [0.717, 1.165) is 35.2 Å². The summed E-state index contributed by atoms with van der Waals surface area (Å²) in [6.45, 7) is 5.80. The molecule has 6 heteroatoms. The van der Waals surface area contributed by atoms with E-state index in [1.807, 2.05) is 17.1 Å². The van der Waals surface area contributed by atoms with E-state index >= 15 is 0 Å². The first-order valence-corrected chi connectivity index (χ1v) is 6.21. The van der Waals surface area contributed by atoms with Gasteiger partial charge < -0.3 is 5.32 Å². The van der Waals surface area contributed by atoms with Crippen LogP contribution in [0.5, 0.6) is 0 Å². The van der Waals surface area contributed by atoms with Gasteiger partial charge in [0, 0.05) is 24.8 Å². The quantitative estimate of drug-likeness (QED) is 0.863. The Morgan fingerprint density at radius 1 is 1.38 bits per heavy atom. The van der Waals surface area contributed by atoms with Crippen molar-refractivity contribution >= 4 is 16.5 Å². The van der Waals surface area contributed by atoms with E-state index in [-0.39, 0.29) is 0 Å². The minimum Gasteiger partial charge on any atom is -0.356 e. The molecule has 0 atom stereocenters. The third-order valence-electron chi connectivity index (χ3n) is 2.22. The fourth-order valence-electron chi connectivity index (χ4n) is 1.32. The number of rotatable bonds is 5. The highest BCUT2D eigenvalue weighted by Crippen LogP contribution is 2.16. The SMILES string of the molecule is CCc1nnc(NCc2cnn(CC)c2)s1. The van der Waals surface area contributed by atoms with E-state index in [4.69, 9.17) is 0 Å². The lowest BCUT2D eigenvalue weighted by molar-refractivity contribution is 0.659. The maximum absolute atomic E-state index is 4.21. The molecule has 0 fully saturated rings. The number of nitrogens with zero attached hydrogens (tertiary/aromatic N) is 4. The summed E-state index contributed by atoms with van der Waals surface area (Å²) in [6, 6.07) is 0. The highest BCUT2D eigenvalue weighted by Gasteiger charge is 2.02. The average Bonchev–Trinajstić information content (AvgIpc) is 2.95. The van der Waals surface area contributed by atoms with Gasteiger partial charge in [0.15, 0.2) is 0 Å². The zero-order valence-corrected chi connectivity index (χ0v) is 10.3. The molecule has 0 aliphatic carbocycles. The number of aromatic nitrogens is 4. The summed E-state index contributed by atoms with van der Waals surface area (Å²) < 4.78 is 1.91. The maximum Gasteiger partial charge on any atom is 0.205 e. The third-order valence-corrected chi connectivity index (χ3v) is 3.25. The van der Waals surface area contributed by atoms with Gasteiger partial charge in [-0.05, 0) is 13.3 Å². The topological polar surface area (TPSA) is 55.6 Å². The predicted octanol–water partition coefficient (Wildman–Crippen LogP) is 1.93. The van der Waals surface area contributed by atoms with Gasteiger partial charge >= 0.3 is 0 Å². The molecule has 16 heavy (non-hydrogen) atoms. The molecular formula is C10H15N5S. The molecule has 0 saturated carbocycles. The van der Waals surface area contributed by atoms with Crippen LogP contribution < -0.4 is 5.32 Å². The number of anilines is 1. The molecule has 2 heterocycles. The second-order valence-corrected chi connectivity index (χ2v) is 4.47. The third kappa shape index (κ3) is 2.57. The molecular weight excluding hydrogens is 222 g/mol. The Morgan fingerprint density at radius 2 is 2.25 bits per heavy atom. The van der Waals surface area contributed by atoms with Crippen molar-refractivity contribution in [2.75, 3.05) is 5.32 Å². The summed E-state index contributed by atoms with van der Waals surface area (Å²) in [4.78, 5) is 0. The van der Waals surface area contributed by atoms with E-state index in [1.165, 1.54) is 0 Å². The Labute approximate surface area is 98.5 Å². The summed E-state index contributed by atoms with van der Waals surface area (Å²) in [6.07, 6.45) is 4.85. The normalized spacial score (nSPS) is 10.6. The van der Waals surface area contributed by atoms with E-state index in [1.54, 1.807) is 11.3 Å². The van der Waals surface area contributed by atoms with Gasteiger partial charge in [-0.15, -0.1) is 10.2 Å². The minimum atomic E-state index is 0.748. The van der Waals surface area contributed by atoms with Crippen molar-refractivity contribution in [1.29, 1.82) is 0 Å². The van der Waals surface area contributed by atoms with Gasteiger partial charge in [0.1, 0.15) is 5.01 Å². The number of nitrogens with one attached hydrogen (secondary N) is 1. The molecule has 0 saturated heterocycles. The molecule has 2 aromatic heterocycles. The van der Waals surface area contributed by atoms with Gasteiger partial charge in [0.25, 0.3) is 0 Å². The highest BCUT2D eigenvalue weighted by molar-refractivity contribution is 7.15. The van der Waals surface area contributed by atoms with Crippen LogP contribution in [0.15, 0.2) is 12.4 Å². The van der Waals surface area contributed by atoms with E-state index in [0.29, 0.717) is 0 Å². The van der Waals surface area contributed by atoms with E-state index < -0.39 is 0 Å². The van der Waals surface area contributed by atoms with Crippen LogP contribution in [0.3, 0.4) is 0 Å². The molecule has 0 aliphatic heterocycles. The molecule has 1 N–H and O–H groups in total. The molecule has 0 radical (unpaired) electrons. The Hall–Kier alpha value is -1.43. The van der Waals surface area contributed by atoms with Crippen LogP contribution in [0.2, 0.25) is 0 Å². The summed E-state index contributed by atoms with van der Waals surface area (Å²) in [7, 11) is 0. The summed E-state index contributed by atoms with van der Waals surface area (Å²) >= 11 is 1.60. The minimum absolute atomic E-state index is 0.748. The molecule has 2 aromatic rings. The summed E-state index contributed by atoms with van der Waals surface area (Å²) in [5, 5.41) is 17.5. The Kier molecular flexibility index (Phi) is 3.51. The largest absolute Gasteiger partial charge is 0.356 e. The van der Waals surface area contributed by atoms with Gasteiger partial charge in [-0.1, -0.05) is 18.3 Å². The standard InChI is InChI=1S/C10H15N5S/c1-3-9-13-14-10(16-9)11-5-8-6-12-15(4-2)7-8/h6-7H,3-5H2,1-2H3,(H,11,14). The van der Waals surface area contributed by atoms with Crippen LogP contribution in [-0.4, -0.2) is 20.0 Å². The fraction of sp³-hybridized carbons (Fsp3) is 0.500. The van der Waals surface area contributed by atoms with Crippen LogP contribution in [0.4, 0.5) is 5.13 Å². The van der Waals surface area contributed by atoms with Gasteiger partial charge in [-0.3, -0.25) is 4.68 Å². The Bertz CT molecular complexity index is 405. The van der Waals surface area contributed by atoms with Crippen LogP contribution in [0, 0.1) is 0 Å². The molecule has 86 valence electrons. The Balaban J connectivity index is 1.91. The first-order chi connectivity index (χ1) is 7.81. The highest BCUT2D eigenvalue weighted by atomic mass is 32.1. The average molecular weight is 237 g/mol. The molecule has 0 aromatic carbocycles. The van der Waals surface area contributed by atoms with Gasteiger partial charge in [-0.25, -0.2) is 0 Å². The van der Waals surface area contributed by atoms with Crippen LogP contribution in [0.1, 0.15) is 24.4 Å². The molecule has 5 nitrogen and oxygen atoms in total. The zero-order chi connectivity index (χ0) is 11.4. The second kappa shape index (κ2) is 5.07. The van der Waals surface area contributed by atoms with Gasteiger partial charge in [0.05, 0.1) is 6.20 Å². The summed E-state index contributed by atoms with van der Waals surface area (Å²) in [5.41, 5.74) is 1.16. The molecule has 0 unspecified atom stereocenters. The lowest BCUT2D eigenvalue weighted by Gasteiger charge is -1.97. The number of hydrogen-bond donors (Lipinski definition) is 1. The fourth-order valence-corrected chi connectivity index (χ4v) is 1.99. The first kappa shape index (κ1) is 11.1. The van der Waals surface area contributed by atoms with Crippen LogP contribution in [-0.2, 0) is 19.5 Å². The van der Waals surface area contributed by atoms with Gasteiger partial charge in [-0.2, -0.15) is 5.10 Å². The molecule has 0 aliphatic rings. The molecule has 2 rings (SSSR count). The monoisotopic (exact) mass is 237 g/mol. The zero-order valence-electron chi connectivity index (χ0n) is 9.47. The first-order valence-electron chi connectivity index (χ1n) is 5.39. The number of aryl methyl sites for hydroxylation is 2. The van der Waals surface area contributed by atoms with Crippen molar-refractivity contribution < 1.29 is 0 Å². The Morgan fingerprint density at radius 3 is 2.88 bits per heavy atom. The van der Waals surface area contributed by atoms with Gasteiger partial charge in [0.2, 0.25) is 5.13 Å². The smallest absolute Gasteiger partial charge is 0.205 e. The second-order valence-electron chi connectivity index (χ2n) is 3.41. The van der Waals surface area contributed by atoms with Crippen molar-refractivity contribution in [3.8, 4) is 0 Å². The van der Waals surface area contributed by atoms with E-state index in [2.05, 4.69) is 34.5 Å².